The van der Waals surface area contributed by atoms with Crippen LogP contribution in [0.1, 0.15) is 15.9 Å². The summed E-state index contributed by atoms with van der Waals surface area (Å²) in [5.41, 5.74) is 3.69. The molecule has 0 aliphatic heterocycles. The van der Waals surface area contributed by atoms with Crippen LogP contribution in [0.5, 0.6) is 11.5 Å². The van der Waals surface area contributed by atoms with Crippen LogP contribution in [0.25, 0.3) is 0 Å². The lowest BCUT2D eigenvalue weighted by molar-refractivity contribution is 0.0955. The molecule has 0 unspecified atom stereocenters. The van der Waals surface area contributed by atoms with Crippen molar-refractivity contribution in [1.29, 1.82) is 0 Å². The Morgan fingerprint density at radius 1 is 1.26 bits per heavy atom. The van der Waals surface area contributed by atoms with Crippen molar-refractivity contribution in [3.05, 3.63) is 56.1 Å². The third-order valence-electron chi connectivity index (χ3n) is 2.92. The zero-order valence-electron chi connectivity index (χ0n) is 12.5. The molecule has 0 bridgehead atoms. The number of benzene rings is 2. The standard InChI is InChI=1S/C16H14ClIN2O3/c1-22-14-7-10(6-13(17)15(14)23-2)9-19-20-16(21)11-4-3-5-12(18)8-11/h3-9H,1-2H3,(H,20,21)/b19-9+. The lowest BCUT2D eigenvalue weighted by Crippen LogP contribution is -2.17. The molecule has 5 nitrogen and oxygen atoms in total. The largest absolute Gasteiger partial charge is 0.493 e. The molecule has 0 aliphatic rings. The molecule has 0 aliphatic carbocycles. The number of hydrazone groups is 1. The van der Waals surface area contributed by atoms with Crippen LogP contribution in [0.15, 0.2) is 41.5 Å². The molecule has 0 atom stereocenters. The van der Waals surface area contributed by atoms with E-state index >= 15 is 0 Å². The molecule has 23 heavy (non-hydrogen) atoms. The molecule has 7 heteroatoms. The van der Waals surface area contributed by atoms with Gasteiger partial charge in [0, 0.05) is 9.13 Å². The Hall–Kier alpha value is -1.80. The zero-order chi connectivity index (χ0) is 16.8. The average Bonchev–Trinajstić information content (AvgIpc) is 2.54. The third-order valence-corrected chi connectivity index (χ3v) is 3.87. The number of carbonyl (C=O) groups excluding carboxylic acids is 1. The van der Waals surface area contributed by atoms with E-state index in [0.717, 1.165) is 3.57 Å². The molecular formula is C16H14ClIN2O3. The van der Waals surface area contributed by atoms with Gasteiger partial charge in [-0.05, 0) is 58.5 Å². The molecule has 0 saturated carbocycles. The molecule has 2 aromatic rings. The topological polar surface area (TPSA) is 59.9 Å². The van der Waals surface area contributed by atoms with Gasteiger partial charge in [0.15, 0.2) is 11.5 Å². The van der Waals surface area contributed by atoms with Gasteiger partial charge < -0.3 is 9.47 Å². The molecule has 0 spiro atoms. The van der Waals surface area contributed by atoms with Crippen molar-refractivity contribution in [2.45, 2.75) is 0 Å². The van der Waals surface area contributed by atoms with Gasteiger partial charge in [0.2, 0.25) is 0 Å². The fourth-order valence-electron chi connectivity index (χ4n) is 1.87. The number of nitrogens with zero attached hydrogens (tertiary/aromatic N) is 1. The Morgan fingerprint density at radius 3 is 2.70 bits per heavy atom. The predicted octanol–water partition coefficient (Wildman–Crippen LogP) is 3.73. The number of methoxy groups -OCH3 is 2. The van der Waals surface area contributed by atoms with E-state index in [0.29, 0.717) is 27.6 Å². The van der Waals surface area contributed by atoms with Gasteiger partial charge in [0.05, 0.1) is 25.5 Å². The molecule has 0 saturated heterocycles. The van der Waals surface area contributed by atoms with Crippen molar-refractivity contribution in [3.8, 4) is 11.5 Å². The maximum absolute atomic E-state index is 12.0. The van der Waals surface area contributed by atoms with E-state index in [1.807, 2.05) is 12.1 Å². The summed E-state index contributed by atoms with van der Waals surface area (Å²) in [5.74, 6) is 0.658. The summed E-state index contributed by atoms with van der Waals surface area (Å²) in [6.07, 6.45) is 1.49. The molecule has 1 amide bonds. The first-order valence-electron chi connectivity index (χ1n) is 6.55. The second-order valence-electron chi connectivity index (χ2n) is 4.45. The third kappa shape index (κ3) is 4.59. The van der Waals surface area contributed by atoms with Gasteiger partial charge in [-0.1, -0.05) is 17.7 Å². The molecule has 0 fully saturated rings. The van der Waals surface area contributed by atoms with Crippen molar-refractivity contribution >= 4 is 46.3 Å². The molecule has 0 heterocycles. The highest BCUT2D eigenvalue weighted by Gasteiger charge is 2.10. The molecule has 0 aromatic heterocycles. The van der Waals surface area contributed by atoms with Gasteiger partial charge in [-0.15, -0.1) is 0 Å². The van der Waals surface area contributed by atoms with Gasteiger partial charge in [-0.2, -0.15) is 5.10 Å². The van der Waals surface area contributed by atoms with Crippen LogP contribution >= 0.6 is 34.2 Å². The van der Waals surface area contributed by atoms with Gasteiger partial charge in [-0.25, -0.2) is 5.43 Å². The highest BCUT2D eigenvalue weighted by atomic mass is 127. The summed E-state index contributed by atoms with van der Waals surface area (Å²) in [6, 6.07) is 10.6. The Balaban J connectivity index is 2.11. The van der Waals surface area contributed by atoms with Crippen molar-refractivity contribution in [2.75, 3.05) is 14.2 Å². The van der Waals surface area contributed by atoms with Gasteiger partial charge in [-0.3, -0.25) is 4.79 Å². The minimum absolute atomic E-state index is 0.286. The summed E-state index contributed by atoms with van der Waals surface area (Å²) in [6.45, 7) is 0. The molecule has 120 valence electrons. The van der Waals surface area contributed by atoms with Crippen LogP contribution in [0, 0.1) is 3.57 Å². The number of amides is 1. The SMILES string of the molecule is COc1cc(/C=N/NC(=O)c2cccc(I)c2)cc(Cl)c1OC. The Kier molecular flexibility index (Phi) is 6.23. The first-order valence-corrected chi connectivity index (χ1v) is 8.01. The molecule has 1 N–H and O–H groups in total. The van der Waals surface area contributed by atoms with Crippen LogP contribution in [0.2, 0.25) is 5.02 Å². The summed E-state index contributed by atoms with van der Waals surface area (Å²) in [7, 11) is 3.03. The minimum Gasteiger partial charge on any atom is -0.493 e. The lowest BCUT2D eigenvalue weighted by atomic mass is 10.2. The number of nitrogens with one attached hydrogen (secondary N) is 1. The molecule has 2 aromatic carbocycles. The quantitative estimate of drug-likeness (QED) is 0.434. The second kappa shape index (κ2) is 8.16. The van der Waals surface area contributed by atoms with Crippen LogP contribution in [-0.2, 0) is 0 Å². The first kappa shape index (κ1) is 17.6. The van der Waals surface area contributed by atoms with Gasteiger partial charge in [0.1, 0.15) is 0 Å². The van der Waals surface area contributed by atoms with Crippen LogP contribution in [0.3, 0.4) is 0 Å². The van der Waals surface area contributed by atoms with E-state index in [1.165, 1.54) is 20.4 Å². The Morgan fingerprint density at radius 2 is 2.04 bits per heavy atom. The number of carbonyl (C=O) groups is 1. The summed E-state index contributed by atoms with van der Waals surface area (Å²) in [4.78, 5) is 12.0. The number of rotatable bonds is 5. The van der Waals surface area contributed by atoms with Crippen LogP contribution in [-0.4, -0.2) is 26.3 Å². The van der Waals surface area contributed by atoms with E-state index in [9.17, 15) is 4.79 Å². The van der Waals surface area contributed by atoms with E-state index in [1.54, 1.807) is 24.3 Å². The average molecular weight is 445 g/mol. The summed E-state index contributed by atoms with van der Waals surface area (Å²) < 4.78 is 11.3. The Labute approximate surface area is 152 Å². The highest BCUT2D eigenvalue weighted by Crippen LogP contribution is 2.35. The fourth-order valence-corrected chi connectivity index (χ4v) is 2.71. The van der Waals surface area contributed by atoms with Crippen molar-refractivity contribution < 1.29 is 14.3 Å². The molecule has 2 rings (SSSR count). The zero-order valence-corrected chi connectivity index (χ0v) is 15.4. The van der Waals surface area contributed by atoms with Gasteiger partial charge in [0.25, 0.3) is 5.91 Å². The van der Waals surface area contributed by atoms with E-state index in [-0.39, 0.29) is 5.91 Å². The van der Waals surface area contributed by atoms with Crippen LogP contribution < -0.4 is 14.9 Å². The number of halogens is 2. The summed E-state index contributed by atoms with van der Waals surface area (Å²) >= 11 is 8.26. The smallest absolute Gasteiger partial charge is 0.271 e. The number of hydrogen-bond acceptors (Lipinski definition) is 4. The van der Waals surface area contributed by atoms with Crippen molar-refractivity contribution in [3.63, 3.8) is 0 Å². The predicted molar refractivity (Wildman–Crippen MR) is 98.8 cm³/mol. The van der Waals surface area contributed by atoms with E-state index in [2.05, 4.69) is 33.1 Å². The monoisotopic (exact) mass is 444 g/mol. The maximum Gasteiger partial charge on any atom is 0.271 e. The van der Waals surface area contributed by atoms with E-state index < -0.39 is 0 Å². The van der Waals surface area contributed by atoms with Crippen molar-refractivity contribution in [2.24, 2.45) is 5.10 Å². The highest BCUT2D eigenvalue weighted by molar-refractivity contribution is 14.1. The van der Waals surface area contributed by atoms with Crippen molar-refractivity contribution in [1.82, 2.24) is 5.43 Å². The summed E-state index contributed by atoms with van der Waals surface area (Å²) in [5, 5.41) is 4.34. The first-order chi connectivity index (χ1) is 11.0. The number of hydrogen-bond donors (Lipinski definition) is 1. The Bertz CT molecular complexity index is 750. The normalized spacial score (nSPS) is 10.6. The lowest BCUT2D eigenvalue weighted by Gasteiger charge is -2.09. The minimum atomic E-state index is -0.286. The second-order valence-corrected chi connectivity index (χ2v) is 6.10. The van der Waals surface area contributed by atoms with Gasteiger partial charge >= 0.3 is 0 Å². The molecule has 0 radical (unpaired) electrons. The molecular weight excluding hydrogens is 431 g/mol. The fraction of sp³-hybridized carbons (Fsp3) is 0.125. The maximum atomic E-state index is 12.0. The van der Waals surface area contributed by atoms with E-state index in [4.69, 9.17) is 21.1 Å². The van der Waals surface area contributed by atoms with Crippen LogP contribution in [0.4, 0.5) is 0 Å². The number of ether oxygens (including phenoxy) is 2.